The third-order valence-electron chi connectivity index (χ3n) is 6.94. The van der Waals surface area contributed by atoms with Crippen LogP contribution in [0.15, 0.2) is 60.8 Å². The largest absolute Gasteiger partial charge is 0.376 e. The van der Waals surface area contributed by atoms with Gasteiger partial charge in [-0.3, -0.25) is 9.48 Å². The predicted molar refractivity (Wildman–Crippen MR) is 143 cm³/mol. The van der Waals surface area contributed by atoms with Crippen LogP contribution < -0.4 is 0 Å². The molecule has 0 saturated carbocycles. The Balaban J connectivity index is 1.49. The highest BCUT2D eigenvalue weighted by atomic mass is 16.5. The number of aromatic nitrogens is 3. The van der Waals surface area contributed by atoms with Gasteiger partial charge < -0.3 is 9.64 Å². The van der Waals surface area contributed by atoms with Crippen LogP contribution in [0.1, 0.15) is 41.6 Å². The maximum atomic E-state index is 13.6. The van der Waals surface area contributed by atoms with Gasteiger partial charge in [0.15, 0.2) is 0 Å². The fourth-order valence-electron chi connectivity index (χ4n) is 4.98. The van der Waals surface area contributed by atoms with Crippen LogP contribution in [0, 0.1) is 20.8 Å². The van der Waals surface area contributed by atoms with Gasteiger partial charge in [0.05, 0.1) is 23.0 Å². The normalized spacial score (nSPS) is 15.5. The Bertz CT molecular complexity index is 1370. The van der Waals surface area contributed by atoms with E-state index in [2.05, 4.69) is 61.4 Å². The summed E-state index contributed by atoms with van der Waals surface area (Å²) in [6.45, 7) is 8.59. The van der Waals surface area contributed by atoms with Gasteiger partial charge in [0.1, 0.15) is 0 Å². The minimum atomic E-state index is 0.0819. The molecule has 5 rings (SSSR count). The van der Waals surface area contributed by atoms with Crippen LogP contribution in [0.25, 0.3) is 22.2 Å². The number of hydrogen-bond donors (Lipinski definition) is 0. The first-order chi connectivity index (χ1) is 17.5. The highest BCUT2D eigenvalue weighted by Gasteiger charge is 2.24. The van der Waals surface area contributed by atoms with Crippen LogP contribution in [-0.4, -0.2) is 44.8 Å². The lowest BCUT2D eigenvalue weighted by Crippen LogP contribution is -2.37. The monoisotopic (exact) mass is 482 g/mol. The molecule has 1 atom stereocenters. The van der Waals surface area contributed by atoms with E-state index in [1.54, 1.807) is 0 Å². The van der Waals surface area contributed by atoms with E-state index < -0.39 is 0 Å². The van der Waals surface area contributed by atoms with Crippen molar-refractivity contribution in [2.24, 2.45) is 0 Å². The lowest BCUT2D eigenvalue weighted by molar-refractivity contribution is -0.133. The fourth-order valence-corrected chi connectivity index (χ4v) is 4.98. The Morgan fingerprint density at radius 3 is 2.72 bits per heavy atom. The summed E-state index contributed by atoms with van der Waals surface area (Å²) in [5.74, 6) is 0.110. The van der Waals surface area contributed by atoms with Gasteiger partial charge in [0.2, 0.25) is 5.91 Å². The molecular weight excluding hydrogens is 448 g/mol. The summed E-state index contributed by atoms with van der Waals surface area (Å²) < 4.78 is 7.77. The summed E-state index contributed by atoms with van der Waals surface area (Å²) >= 11 is 0. The molecule has 2 aromatic heterocycles. The lowest BCUT2D eigenvalue weighted by Gasteiger charge is -2.27. The summed E-state index contributed by atoms with van der Waals surface area (Å²) in [5.41, 5.74) is 7.39. The molecule has 1 fully saturated rings. The first kappa shape index (κ1) is 24.2. The summed E-state index contributed by atoms with van der Waals surface area (Å²) in [6.07, 6.45) is 4.44. The Hall–Kier alpha value is -3.51. The second kappa shape index (κ2) is 10.6. The van der Waals surface area contributed by atoms with Crippen LogP contribution in [0.5, 0.6) is 0 Å². The van der Waals surface area contributed by atoms with Gasteiger partial charge in [-0.25, -0.2) is 4.98 Å². The van der Waals surface area contributed by atoms with Crippen LogP contribution >= 0.6 is 0 Å². The van der Waals surface area contributed by atoms with E-state index in [9.17, 15) is 4.79 Å². The third kappa shape index (κ3) is 5.49. The summed E-state index contributed by atoms with van der Waals surface area (Å²) in [4.78, 5) is 20.6. The zero-order valence-corrected chi connectivity index (χ0v) is 21.4. The Morgan fingerprint density at radius 1 is 1.11 bits per heavy atom. The number of ether oxygens (including phenoxy) is 1. The first-order valence-electron chi connectivity index (χ1n) is 12.8. The van der Waals surface area contributed by atoms with Crippen molar-refractivity contribution in [2.45, 2.75) is 59.2 Å². The number of carbonyl (C=O) groups is 1. The Labute approximate surface area is 212 Å². The molecule has 0 N–H and O–H groups in total. The van der Waals surface area contributed by atoms with Crippen molar-refractivity contribution in [3.8, 4) is 11.3 Å². The van der Waals surface area contributed by atoms with Crippen molar-refractivity contribution in [3.05, 3.63) is 83.2 Å². The lowest BCUT2D eigenvalue weighted by atomic mass is 9.98. The van der Waals surface area contributed by atoms with E-state index >= 15 is 0 Å². The molecule has 0 radical (unpaired) electrons. The highest BCUT2D eigenvalue weighted by molar-refractivity contribution is 5.85. The molecule has 3 heterocycles. The number of fused-ring (bicyclic) bond motifs is 1. The molecule has 6 heteroatoms. The Morgan fingerprint density at radius 2 is 1.97 bits per heavy atom. The van der Waals surface area contributed by atoms with E-state index in [-0.39, 0.29) is 12.0 Å². The molecule has 1 aliphatic rings. The van der Waals surface area contributed by atoms with Crippen LogP contribution in [0.2, 0.25) is 0 Å². The van der Waals surface area contributed by atoms with Crippen LogP contribution in [0.4, 0.5) is 0 Å². The molecule has 0 spiro atoms. The smallest absolute Gasteiger partial charge is 0.224 e. The van der Waals surface area contributed by atoms with Gasteiger partial charge in [-0.15, -0.1) is 0 Å². The molecule has 36 heavy (non-hydrogen) atoms. The van der Waals surface area contributed by atoms with Crippen LogP contribution in [-0.2, 0) is 22.6 Å². The predicted octanol–water partition coefficient (Wildman–Crippen LogP) is 5.62. The molecule has 1 saturated heterocycles. The second-order valence-corrected chi connectivity index (χ2v) is 9.89. The van der Waals surface area contributed by atoms with Gasteiger partial charge in [-0.1, -0.05) is 35.9 Å². The SMILES string of the molecule is Cc1ccc2nc(-c3ccccc3C)c(CN(C[C@@H]3CCCO3)C(=O)CCn3ccc(C)n3)cc2c1. The number of nitrogens with zero attached hydrogens (tertiary/aromatic N) is 4. The maximum Gasteiger partial charge on any atom is 0.224 e. The topological polar surface area (TPSA) is 60.3 Å². The highest BCUT2D eigenvalue weighted by Crippen LogP contribution is 2.30. The number of carbonyl (C=O) groups excluding carboxylic acids is 1. The zero-order valence-electron chi connectivity index (χ0n) is 21.4. The molecule has 1 aliphatic heterocycles. The minimum absolute atomic E-state index is 0.0819. The average molecular weight is 483 g/mol. The van der Waals surface area contributed by atoms with E-state index in [0.717, 1.165) is 52.9 Å². The minimum Gasteiger partial charge on any atom is -0.376 e. The number of pyridine rings is 1. The number of aryl methyl sites for hydroxylation is 4. The molecule has 0 bridgehead atoms. The van der Waals surface area contributed by atoms with Gasteiger partial charge >= 0.3 is 0 Å². The first-order valence-corrected chi connectivity index (χ1v) is 12.8. The van der Waals surface area contributed by atoms with Crippen molar-refractivity contribution in [2.75, 3.05) is 13.2 Å². The van der Waals surface area contributed by atoms with E-state index in [0.29, 0.717) is 26.1 Å². The molecular formula is C30H34N4O2. The van der Waals surface area contributed by atoms with Crippen LogP contribution in [0.3, 0.4) is 0 Å². The number of hydrogen-bond acceptors (Lipinski definition) is 4. The van der Waals surface area contributed by atoms with Crippen molar-refractivity contribution < 1.29 is 9.53 Å². The standard InChI is InChI=1S/C30H34N4O2/c1-21-10-11-28-24(17-21)18-25(30(31-28)27-9-5-4-7-22(27)2)19-33(20-26-8-6-16-36-26)29(35)13-15-34-14-12-23(3)32-34/h4-5,7,9-12,14,17-18,26H,6,8,13,15-16,19-20H2,1-3H3/t26-/m0/s1. The maximum absolute atomic E-state index is 13.6. The zero-order chi connectivity index (χ0) is 25.1. The molecule has 6 nitrogen and oxygen atoms in total. The van der Waals surface area contributed by atoms with E-state index in [4.69, 9.17) is 9.72 Å². The molecule has 0 unspecified atom stereocenters. The summed E-state index contributed by atoms with van der Waals surface area (Å²) in [6, 6.07) is 18.9. The summed E-state index contributed by atoms with van der Waals surface area (Å²) in [5, 5.41) is 5.54. The molecule has 186 valence electrons. The molecule has 4 aromatic rings. The summed E-state index contributed by atoms with van der Waals surface area (Å²) in [7, 11) is 0. The van der Waals surface area contributed by atoms with E-state index in [1.807, 2.05) is 34.8 Å². The van der Waals surface area contributed by atoms with Gasteiger partial charge in [-0.05, 0) is 69.0 Å². The molecule has 1 amide bonds. The molecule has 0 aliphatic carbocycles. The molecule has 2 aromatic carbocycles. The number of benzene rings is 2. The number of amides is 1. The van der Waals surface area contributed by atoms with Crippen molar-refractivity contribution >= 4 is 16.8 Å². The van der Waals surface area contributed by atoms with Crippen molar-refractivity contribution in [3.63, 3.8) is 0 Å². The Kier molecular flexibility index (Phi) is 7.14. The van der Waals surface area contributed by atoms with Crippen molar-refractivity contribution in [1.29, 1.82) is 0 Å². The van der Waals surface area contributed by atoms with E-state index in [1.165, 1.54) is 11.1 Å². The second-order valence-electron chi connectivity index (χ2n) is 9.89. The fraction of sp³-hybridized carbons (Fsp3) is 0.367. The van der Waals surface area contributed by atoms with Gasteiger partial charge in [0, 0.05) is 49.8 Å². The quantitative estimate of drug-likeness (QED) is 0.327. The average Bonchev–Trinajstić information content (AvgIpc) is 3.53. The number of rotatable bonds is 8. The van der Waals surface area contributed by atoms with Crippen molar-refractivity contribution in [1.82, 2.24) is 19.7 Å². The van der Waals surface area contributed by atoms with Gasteiger partial charge in [-0.2, -0.15) is 5.10 Å². The third-order valence-corrected chi connectivity index (χ3v) is 6.94. The van der Waals surface area contributed by atoms with Gasteiger partial charge in [0.25, 0.3) is 0 Å².